The molecule has 0 saturated heterocycles. The molecule has 0 heterocycles. The SMILES string of the molecule is FCc1cc(CCCBr)ccc1Br. The Morgan fingerprint density at radius 2 is 2.08 bits per heavy atom. The topological polar surface area (TPSA) is 0 Å². The molecule has 0 N–H and O–H groups in total. The minimum Gasteiger partial charge on any atom is -0.246 e. The van der Waals surface area contributed by atoms with E-state index in [0.29, 0.717) is 0 Å². The lowest BCUT2D eigenvalue weighted by molar-refractivity contribution is 0.483. The lowest BCUT2D eigenvalue weighted by Gasteiger charge is -2.03. The van der Waals surface area contributed by atoms with E-state index in [1.54, 1.807) is 0 Å². The number of hydrogen-bond acceptors (Lipinski definition) is 0. The normalized spacial score (nSPS) is 10.4. The summed E-state index contributed by atoms with van der Waals surface area (Å²) in [5.74, 6) is 0. The molecule has 0 bridgehead atoms. The molecule has 0 aliphatic rings. The minimum atomic E-state index is -0.400. The van der Waals surface area contributed by atoms with Crippen molar-refractivity contribution in [2.45, 2.75) is 19.5 Å². The van der Waals surface area contributed by atoms with E-state index in [2.05, 4.69) is 31.9 Å². The van der Waals surface area contributed by atoms with E-state index in [-0.39, 0.29) is 0 Å². The van der Waals surface area contributed by atoms with Gasteiger partial charge in [0.2, 0.25) is 0 Å². The van der Waals surface area contributed by atoms with Crippen molar-refractivity contribution in [2.75, 3.05) is 5.33 Å². The van der Waals surface area contributed by atoms with Crippen molar-refractivity contribution in [2.24, 2.45) is 0 Å². The molecule has 0 spiro atoms. The van der Waals surface area contributed by atoms with Crippen LogP contribution in [-0.2, 0) is 13.1 Å². The second kappa shape index (κ2) is 5.76. The van der Waals surface area contributed by atoms with E-state index in [1.165, 1.54) is 5.56 Å². The largest absolute Gasteiger partial charge is 0.246 e. The summed E-state index contributed by atoms with van der Waals surface area (Å²) < 4.78 is 13.3. The second-order valence-corrected chi connectivity index (χ2v) is 4.50. The Bertz CT molecular complexity index is 274. The van der Waals surface area contributed by atoms with Gasteiger partial charge in [0.1, 0.15) is 6.67 Å². The first kappa shape index (κ1) is 11.2. The van der Waals surface area contributed by atoms with Crippen LogP contribution in [0.4, 0.5) is 4.39 Å². The average Bonchev–Trinajstić information content (AvgIpc) is 2.16. The van der Waals surface area contributed by atoms with Crippen LogP contribution in [0.3, 0.4) is 0 Å². The third-order valence-electron chi connectivity index (χ3n) is 1.85. The lowest BCUT2D eigenvalue weighted by Crippen LogP contribution is -1.89. The van der Waals surface area contributed by atoms with Crippen LogP contribution < -0.4 is 0 Å². The van der Waals surface area contributed by atoms with Crippen molar-refractivity contribution >= 4 is 31.9 Å². The van der Waals surface area contributed by atoms with E-state index >= 15 is 0 Å². The van der Waals surface area contributed by atoms with Crippen molar-refractivity contribution in [1.29, 1.82) is 0 Å². The number of rotatable bonds is 4. The molecule has 0 saturated carbocycles. The van der Waals surface area contributed by atoms with Gasteiger partial charge in [-0.05, 0) is 30.0 Å². The average molecular weight is 310 g/mol. The number of hydrogen-bond donors (Lipinski definition) is 0. The van der Waals surface area contributed by atoms with Gasteiger partial charge in [-0.25, -0.2) is 4.39 Å². The van der Waals surface area contributed by atoms with Gasteiger partial charge >= 0.3 is 0 Å². The number of benzene rings is 1. The first-order chi connectivity index (χ1) is 6.27. The van der Waals surface area contributed by atoms with Gasteiger partial charge in [0.15, 0.2) is 0 Å². The van der Waals surface area contributed by atoms with Crippen LogP contribution in [0.1, 0.15) is 17.5 Å². The summed E-state index contributed by atoms with van der Waals surface area (Å²) in [4.78, 5) is 0. The fraction of sp³-hybridized carbons (Fsp3) is 0.400. The summed E-state index contributed by atoms with van der Waals surface area (Å²) in [5, 5.41) is 0.994. The molecule has 0 aliphatic carbocycles. The van der Waals surface area contributed by atoms with Crippen LogP contribution in [0, 0.1) is 0 Å². The Morgan fingerprint density at radius 3 is 2.69 bits per heavy atom. The van der Waals surface area contributed by atoms with E-state index in [4.69, 9.17) is 0 Å². The highest BCUT2D eigenvalue weighted by Gasteiger charge is 2.00. The smallest absolute Gasteiger partial charge is 0.116 e. The summed E-state index contributed by atoms with van der Waals surface area (Å²) >= 11 is 6.68. The third kappa shape index (κ3) is 3.39. The molecule has 1 aromatic rings. The molecule has 0 amide bonds. The Morgan fingerprint density at radius 1 is 1.31 bits per heavy atom. The summed E-state index contributed by atoms with van der Waals surface area (Å²) in [7, 11) is 0. The van der Waals surface area contributed by atoms with Gasteiger partial charge in [0, 0.05) is 9.80 Å². The van der Waals surface area contributed by atoms with E-state index in [0.717, 1.165) is 28.2 Å². The van der Waals surface area contributed by atoms with Crippen molar-refractivity contribution < 1.29 is 4.39 Å². The molecular weight excluding hydrogens is 299 g/mol. The van der Waals surface area contributed by atoms with Crippen LogP contribution in [0.15, 0.2) is 22.7 Å². The monoisotopic (exact) mass is 308 g/mol. The van der Waals surface area contributed by atoms with Gasteiger partial charge in [-0.3, -0.25) is 0 Å². The first-order valence-corrected chi connectivity index (χ1v) is 6.08. The van der Waals surface area contributed by atoms with Crippen molar-refractivity contribution in [3.05, 3.63) is 33.8 Å². The van der Waals surface area contributed by atoms with Crippen LogP contribution in [0.5, 0.6) is 0 Å². The number of aryl methyl sites for hydroxylation is 1. The summed E-state index contributed by atoms with van der Waals surface area (Å²) in [6, 6.07) is 5.87. The Balaban J connectivity index is 2.74. The fourth-order valence-electron chi connectivity index (χ4n) is 1.16. The maximum atomic E-state index is 12.4. The molecule has 3 heteroatoms. The van der Waals surface area contributed by atoms with Crippen LogP contribution >= 0.6 is 31.9 Å². The van der Waals surface area contributed by atoms with Gasteiger partial charge in [0.05, 0.1) is 0 Å². The van der Waals surface area contributed by atoms with Gasteiger partial charge in [-0.1, -0.05) is 44.0 Å². The van der Waals surface area contributed by atoms with Crippen LogP contribution in [0.2, 0.25) is 0 Å². The highest BCUT2D eigenvalue weighted by molar-refractivity contribution is 9.10. The van der Waals surface area contributed by atoms with E-state index < -0.39 is 6.67 Å². The van der Waals surface area contributed by atoms with Crippen molar-refractivity contribution in [3.63, 3.8) is 0 Å². The molecule has 72 valence electrons. The van der Waals surface area contributed by atoms with E-state index in [1.807, 2.05) is 18.2 Å². The Hall–Kier alpha value is 0.110. The molecule has 0 unspecified atom stereocenters. The van der Waals surface area contributed by atoms with Gasteiger partial charge in [-0.2, -0.15) is 0 Å². The molecule has 0 radical (unpaired) electrons. The third-order valence-corrected chi connectivity index (χ3v) is 3.19. The maximum Gasteiger partial charge on any atom is 0.116 e. The predicted molar refractivity (Wildman–Crippen MR) is 61.1 cm³/mol. The predicted octanol–water partition coefficient (Wildman–Crippen LogP) is 4.25. The summed E-state index contributed by atoms with van der Waals surface area (Å²) in [6.07, 6.45) is 2.10. The zero-order valence-electron chi connectivity index (χ0n) is 7.19. The molecule has 0 fully saturated rings. The Labute approximate surface area is 94.8 Å². The highest BCUT2D eigenvalue weighted by atomic mass is 79.9. The first-order valence-electron chi connectivity index (χ1n) is 4.17. The van der Waals surface area contributed by atoms with Crippen LogP contribution in [-0.4, -0.2) is 5.33 Å². The molecular formula is C10H11Br2F. The summed E-state index contributed by atoms with van der Waals surface area (Å²) in [5.41, 5.74) is 1.95. The zero-order valence-corrected chi connectivity index (χ0v) is 10.4. The standard InChI is InChI=1S/C10H11Br2F/c11-5-1-2-8-3-4-10(12)9(6-8)7-13/h3-4,6H,1-2,5,7H2. The molecule has 0 nitrogen and oxygen atoms in total. The van der Waals surface area contributed by atoms with Crippen molar-refractivity contribution in [1.82, 2.24) is 0 Å². The zero-order chi connectivity index (χ0) is 9.68. The Kier molecular flexibility index (Phi) is 4.96. The highest BCUT2D eigenvalue weighted by Crippen LogP contribution is 2.20. The fourth-order valence-corrected chi connectivity index (χ4v) is 1.79. The molecule has 0 aromatic heterocycles. The quantitative estimate of drug-likeness (QED) is 0.730. The molecule has 1 rings (SSSR count). The molecule has 13 heavy (non-hydrogen) atoms. The van der Waals surface area contributed by atoms with Crippen LogP contribution in [0.25, 0.3) is 0 Å². The minimum absolute atomic E-state index is 0.400. The number of halogens is 3. The van der Waals surface area contributed by atoms with E-state index in [9.17, 15) is 4.39 Å². The van der Waals surface area contributed by atoms with Gasteiger partial charge < -0.3 is 0 Å². The lowest BCUT2D eigenvalue weighted by atomic mass is 10.1. The van der Waals surface area contributed by atoms with Gasteiger partial charge in [0.25, 0.3) is 0 Å². The summed E-state index contributed by atoms with van der Waals surface area (Å²) in [6.45, 7) is -0.400. The second-order valence-electron chi connectivity index (χ2n) is 2.85. The molecule has 1 aromatic carbocycles. The maximum absolute atomic E-state index is 12.4. The van der Waals surface area contributed by atoms with Gasteiger partial charge in [-0.15, -0.1) is 0 Å². The molecule has 0 atom stereocenters. The van der Waals surface area contributed by atoms with Crippen molar-refractivity contribution in [3.8, 4) is 0 Å². The number of alkyl halides is 2. The molecule has 0 aliphatic heterocycles.